The predicted octanol–water partition coefficient (Wildman–Crippen LogP) is 2.92. The largest absolute Gasteiger partial charge is 0.497 e. The Morgan fingerprint density at radius 1 is 1.26 bits per heavy atom. The topological polar surface area (TPSA) is 109 Å². The normalized spacial score (nSPS) is 19.2. The fourth-order valence-corrected chi connectivity index (χ4v) is 4.53. The molecule has 176 valence electrons. The summed E-state index contributed by atoms with van der Waals surface area (Å²) in [7, 11) is 1.60. The van der Waals surface area contributed by atoms with Gasteiger partial charge in [0.25, 0.3) is 0 Å². The minimum Gasteiger partial charge on any atom is -0.497 e. The van der Waals surface area contributed by atoms with Gasteiger partial charge < -0.3 is 14.9 Å². The van der Waals surface area contributed by atoms with Crippen molar-refractivity contribution in [2.45, 2.75) is 25.4 Å². The summed E-state index contributed by atoms with van der Waals surface area (Å²) in [5.74, 6) is 5.45. The summed E-state index contributed by atoms with van der Waals surface area (Å²) >= 11 is 0. The van der Waals surface area contributed by atoms with E-state index in [1.165, 1.54) is 0 Å². The number of benzene rings is 1. The van der Waals surface area contributed by atoms with Gasteiger partial charge in [0.15, 0.2) is 0 Å². The Labute approximate surface area is 198 Å². The number of aromatic nitrogens is 3. The minimum atomic E-state index is -0.801. The first kappa shape index (κ1) is 23.6. The molecule has 8 heteroatoms. The number of carboxylic acid groups (broad SMARTS) is 1. The van der Waals surface area contributed by atoms with Crippen LogP contribution >= 0.6 is 0 Å². The van der Waals surface area contributed by atoms with E-state index in [2.05, 4.69) is 31.7 Å². The third-order valence-corrected chi connectivity index (χ3v) is 6.39. The Bertz CT molecular complexity index is 1190. The lowest BCUT2D eigenvalue weighted by Gasteiger charge is -2.36. The van der Waals surface area contributed by atoms with Gasteiger partial charge in [-0.1, -0.05) is 5.92 Å². The van der Waals surface area contributed by atoms with Crippen molar-refractivity contribution < 1.29 is 19.7 Å². The van der Waals surface area contributed by atoms with E-state index in [0.29, 0.717) is 37.4 Å². The summed E-state index contributed by atoms with van der Waals surface area (Å²) in [4.78, 5) is 26.6. The molecule has 0 saturated carbocycles. The number of ether oxygens (including phenoxy) is 1. The average molecular weight is 461 g/mol. The fourth-order valence-electron chi connectivity index (χ4n) is 4.53. The van der Waals surface area contributed by atoms with E-state index in [-0.39, 0.29) is 5.92 Å². The fraction of sp³-hybridized carbons (Fsp3) is 0.385. The third kappa shape index (κ3) is 5.68. The number of aliphatic hydroxyl groups is 1. The molecule has 0 radical (unpaired) electrons. The molecular weight excluding hydrogens is 432 g/mol. The van der Waals surface area contributed by atoms with Crippen LogP contribution in [0, 0.1) is 23.7 Å². The highest BCUT2D eigenvalue weighted by atomic mass is 16.5. The maximum atomic E-state index is 12.0. The Balaban J connectivity index is 1.38. The van der Waals surface area contributed by atoms with Gasteiger partial charge in [-0.05, 0) is 67.5 Å². The number of pyridine rings is 1. The maximum Gasteiger partial charge on any atom is 0.308 e. The van der Waals surface area contributed by atoms with Crippen LogP contribution in [0.2, 0.25) is 0 Å². The second kappa shape index (κ2) is 11.1. The summed E-state index contributed by atoms with van der Waals surface area (Å²) in [6, 6.07) is 7.41. The van der Waals surface area contributed by atoms with Crippen molar-refractivity contribution in [1.29, 1.82) is 0 Å². The maximum absolute atomic E-state index is 12.0. The number of likely N-dealkylation sites (tertiary alicyclic amines) is 1. The lowest BCUT2D eigenvalue weighted by molar-refractivity contribution is -0.146. The summed E-state index contributed by atoms with van der Waals surface area (Å²) in [5.41, 5.74) is 2.17. The zero-order valence-corrected chi connectivity index (χ0v) is 19.1. The smallest absolute Gasteiger partial charge is 0.308 e. The summed E-state index contributed by atoms with van der Waals surface area (Å²) in [6.45, 7) is 1.70. The number of fused-ring (bicyclic) bond motifs is 1. The van der Waals surface area contributed by atoms with E-state index in [4.69, 9.17) is 4.74 Å². The number of carboxylic acids is 1. The van der Waals surface area contributed by atoms with Gasteiger partial charge in [0.1, 0.15) is 11.4 Å². The van der Waals surface area contributed by atoms with Crippen LogP contribution in [0.15, 0.2) is 49.1 Å². The number of aliphatic carboxylic acids is 1. The van der Waals surface area contributed by atoms with Crippen LogP contribution in [0.1, 0.15) is 36.6 Å². The zero-order valence-electron chi connectivity index (χ0n) is 19.1. The van der Waals surface area contributed by atoms with Gasteiger partial charge in [-0.25, -0.2) is 4.98 Å². The molecule has 3 aromatic rings. The van der Waals surface area contributed by atoms with E-state index in [1.807, 2.05) is 24.3 Å². The standard InChI is InChI=1S/C26H28N4O4/c1-34-20-5-6-24-22(15-20)21(8-10-29-24)25(31)7-4-18-9-14-30(17-23(18)26(32)33)13-2-3-19-16-27-11-12-28-19/h5-6,8,10-12,15-16,18,23,25,31H,4,7,9,13-14,17H2,1H3,(H,32,33)/t18-,23+,25+/m1/s1. The number of piperidine rings is 1. The van der Waals surface area contributed by atoms with E-state index in [1.54, 1.807) is 31.9 Å². The van der Waals surface area contributed by atoms with Crippen LogP contribution in [0.3, 0.4) is 0 Å². The average Bonchev–Trinajstić information content (AvgIpc) is 2.87. The van der Waals surface area contributed by atoms with Crippen molar-refractivity contribution in [1.82, 2.24) is 19.9 Å². The van der Waals surface area contributed by atoms with Crippen LogP contribution in [0.5, 0.6) is 5.75 Å². The molecule has 2 N–H and O–H groups in total. The highest BCUT2D eigenvalue weighted by Gasteiger charge is 2.34. The molecule has 3 heterocycles. The molecular formula is C26H28N4O4. The summed E-state index contributed by atoms with van der Waals surface area (Å²) < 4.78 is 5.32. The number of carbonyl (C=O) groups is 1. The molecule has 0 unspecified atom stereocenters. The Morgan fingerprint density at radius 2 is 2.15 bits per heavy atom. The van der Waals surface area contributed by atoms with Crippen molar-refractivity contribution in [2.75, 3.05) is 26.7 Å². The molecule has 1 fully saturated rings. The number of nitrogens with zero attached hydrogens (tertiary/aromatic N) is 4. The van der Waals surface area contributed by atoms with Crippen molar-refractivity contribution in [3.8, 4) is 17.6 Å². The van der Waals surface area contributed by atoms with Crippen molar-refractivity contribution >= 4 is 16.9 Å². The lowest BCUT2D eigenvalue weighted by Crippen LogP contribution is -2.44. The highest BCUT2D eigenvalue weighted by Crippen LogP contribution is 2.33. The molecule has 0 spiro atoms. The van der Waals surface area contributed by atoms with Crippen LogP contribution < -0.4 is 4.74 Å². The first-order valence-corrected chi connectivity index (χ1v) is 11.4. The Kier molecular flexibility index (Phi) is 7.68. The van der Waals surface area contributed by atoms with Gasteiger partial charge >= 0.3 is 5.97 Å². The van der Waals surface area contributed by atoms with E-state index in [0.717, 1.165) is 29.4 Å². The van der Waals surface area contributed by atoms with Crippen molar-refractivity contribution in [2.24, 2.45) is 11.8 Å². The first-order chi connectivity index (χ1) is 16.5. The van der Waals surface area contributed by atoms with Crippen molar-refractivity contribution in [3.05, 3.63) is 60.3 Å². The van der Waals surface area contributed by atoms with Crippen molar-refractivity contribution in [3.63, 3.8) is 0 Å². The van der Waals surface area contributed by atoms with Crippen LogP contribution in [0.4, 0.5) is 0 Å². The predicted molar refractivity (Wildman–Crippen MR) is 127 cm³/mol. The van der Waals surface area contributed by atoms with E-state index in [9.17, 15) is 15.0 Å². The van der Waals surface area contributed by atoms with Crippen LogP contribution in [-0.2, 0) is 4.79 Å². The molecule has 0 bridgehead atoms. The lowest BCUT2D eigenvalue weighted by atomic mass is 9.81. The van der Waals surface area contributed by atoms with Crippen LogP contribution in [-0.4, -0.2) is 62.8 Å². The van der Waals surface area contributed by atoms with Gasteiger partial charge in [-0.3, -0.25) is 19.7 Å². The molecule has 34 heavy (non-hydrogen) atoms. The van der Waals surface area contributed by atoms with Gasteiger partial charge in [0.2, 0.25) is 0 Å². The molecule has 0 amide bonds. The summed E-state index contributed by atoms with van der Waals surface area (Å²) in [5, 5.41) is 21.7. The highest BCUT2D eigenvalue weighted by molar-refractivity contribution is 5.83. The SMILES string of the molecule is COc1ccc2nccc([C@@H](O)CC[C@@H]3CCN(CC#Cc4cnccn4)C[C@@H]3C(=O)O)c2c1. The molecule has 1 saturated heterocycles. The minimum absolute atomic E-state index is 0.000938. The third-order valence-electron chi connectivity index (χ3n) is 6.39. The van der Waals surface area contributed by atoms with Gasteiger partial charge in [0, 0.05) is 30.5 Å². The molecule has 4 rings (SSSR count). The molecule has 2 aromatic heterocycles. The van der Waals surface area contributed by atoms with Gasteiger partial charge in [0.05, 0.1) is 37.4 Å². The Hall–Kier alpha value is -3.54. The second-order valence-corrected chi connectivity index (χ2v) is 8.50. The van der Waals surface area contributed by atoms with Gasteiger partial charge in [-0.15, -0.1) is 0 Å². The number of aliphatic hydroxyl groups excluding tert-OH is 1. The molecule has 1 aliphatic rings. The molecule has 0 aliphatic carbocycles. The second-order valence-electron chi connectivity index (χ2n) is 8.50. The number of methoxy groups -OCH3 is 1. The number of rotatable bonds is 7. The molecule has 1 aromatic carbocycles. The van der Waals surface area contributed by atoms with E-state index >= 15 is 0 Å². The zero-order chi connectivity index (χ0) is 23.9. The number of hydrogen-bond acceptors (Lipinski definition) is 7. The van der Waals surface area contributed by atoms with Crippen LogP contribution in [0.25, 0.3) is 10.9 Å². The first-order valence-electron chi connectivity index (χ1n) is 11.4. The van der Waals surface area contributed by atoms with Gasteiger partial charge in [-0.2, -0.15) is 0 Å². The summed E-state index contributed by atoms with van der Waals surface area (Å²) in [6.07, 6.45) is 7.64. The Morgan fingerprint density at radius 3 is 2.91 bits per heavy atom. The molecule has 8 nitrogen and oxygen atoms in total. The quantitative estimate of drug-likeness (QED) is 0.518. The monoisotopic (exact) mass is 460 g/mol. The molecule has 1 aliphatic heterocycles. The molecule has 3 atom stereocenters. The van der Waals surface area contributed by atoms with E-state index < -0.39 is 18.0 Å². The number of hydrogen-bond donors (Lipinski definition) is 2.